The molecule has 24 heavy (non-hydrogen) atoms. The Morgan fingerprint density at radius 1 is 1.17 bits per heavy atom. The molecule has 0 radical (unpaired) electrons. The number of hydrogen-bond donors (Lipinski definition) is 2. The second-order valence-corrected chi connectivity index (χ2v) is 5.03. The number of aromatic nitrogens is 2. The van der Waals surface area contributed by atoms with Gasteiger partial charge in [0.1, 0.15) is 17.1 Å². The minimum Gasteiger partial charge on any atom is -0.477 e. The van der Waals surface area contributed by atoms with Crippen molar-refractivity contribution >= 4 is 23.2 Å². The van der Waals surface area contributed by atoms with E-state index in [0.717, 1.165) is 0 Å². The van der Waals surface area contributed by atoms with E-state index in [1.807, 2.05) is 0 Å². The normalized spacial score (nSPS) is 16.9. The van der Waals surface area contributed by atoms with Crippen LogP contribution < -0.4 is 0 Å². The number of carboxylic acids is 1. The quantitative estimate of drug-likeness (QED) is 0.868. The van der Waals surface area contributed by atoms with Gasteiger partial charge >= 0.3 is 5.97 Å². The van der Waals surface area contributed by atoms with E-state index >= 15 is 0 Å². The van der Waals surface area contributed by atoms with Crippen molar-refractivity contribution in [1.82, 2.24) is 9.97 Å². The van der Waals surface area contributed by atoms with Gasteiger partial charge in [-0.15, -0.1) is 0 Å². The highest BCUT2D eigenvalue weighted by Crippen LogP contribution is 2.24. The summed E-state index contributed by atoms with van der Waals surface area (Å²) in [6.45, 7) is 0. The number of carboxylic acid groups (broad SMARTS) is 1. The van der Waals surface area contributed by atoms with Gasteiger partial charge in [0, 0.05) is 7.11 Å². The lowest BCUT2D eigenvalue weighted by molar-refractivity contribution is 0.0690. The first-order chi connectivity index (χ1) is 11.4. The van der Waals surface area contributed by atoms with Crippen LogP contribution in [0, 0.1) is 5.41 Å². The van der Waals surface area contributed by atoms with Crippen LogP contribution in [-0.4, -0.2) is 51.5 Å². The van der Waals surface area contributed by atoms with Crippen molar-refractivity contribution in [3.63, 3.8) is 0 Å². The molecule has 1 aliphatic rings. The molecule has 0 bridgehead atoms. The number of pyridine rings is 2. The standard InChI is InChI=1S/C16H11N3O5/c1-24-15-11(17)14(21)12-7(13(15)20)5-6-9(19-12)8-3-2-4-10(18-8)16(22)23/h2-6,15,17H,1H3,(H,22,23). The smallest absolute Gasteiger partial charge is 0.354 e. The zero-order valence-corrected chi connectivity index (χ0v) is 12.4. The van der Waals surface area contributed by atoms with Crippen molar-refractivity contribution in [2.75, 3.05) is 7.11 Å². The van der Waals surface area contributed by atoms with Crippen LogP contribution in [0.3, 0.4) is 0 Å². The van der Waals surface area contributed by atoms with Gasteiger partial charge in [0.05, 0.1) is 17.0 Å². The van der Waals surface area contributed by atoms with Crippen molar-refractivity contribution in [3.8, 4) is 11.4 Å². The molecule has 0 spiro atoms. The number of ketones is 2. The molecule has 0 fully saturated rings. The second kappa shape index (κ2) is 5.74. The minimum atomic E-state index is -1.23. The third-order valence-electron chi connectivity index (χ3n) is 3.59. The zero-order chi connectivity index (χ0) is 17.4. The predicted octanol–water partition coefficient (Wildman–Crippen LogP) is 1.26. The molecule has 0 aliphatic heterocycles. The van der Waals surface area contributed by atoms with E-state index in [1.54, 1.807) is 6.07 Å². The van der Waals surface area contributed by atoms with Gasteiger partial charge in [-0.1, -0.05) is 6.07 Å². The molecule has 1 aliphatic carbocycles. The Balaban J connectivity index is 2.11. The van der Waals surface area contributed by atoms with E-state index in [2.05, 4.69) is 9.97 Å². The van der Waals surface area contributed by atoms with Crippen LogP contribution in [0.2, 0.25) is 0 Å². The highest BCUT2D eigenvalue weighted by atomic mass is 16.5. The number of hydrogen-bond acceptors (Lipinski definition) is 7. The molecule has 2 aromatic heterocycles. The van der Waals surface area contributed by atoms with Gasteiger partial charge in [-0.3, -0.25) is 15.0 Å². The van der Waals surface area contributed by atoms with Crippen molar-refractivity contribution in [1.29, 1.82) is 5.41 Å². The number of carbonyl (C=O) groups is 3. The number of fused-ring (bicyclic) bond motifs is 1. The molecule has 8 nitrogen and oxygen atoms in total. The molecule has 0 amide bonds. The van der Waals surface area contributed by atoms with Gasteiger partial charge in [0.15, 0.2) is 11.9 Å². The summed E-state index contributed by atoms with van der Waals surface area (Å²) in [6, 6.07) is 7.26. The molecule has 2 N–H and O–H groups in total. The first-order valence-electron chi connectivity index (χ1n) is 6.86. The number of rotatable bonds is 3. The molecule has 0 saturated carbocycles. The molecular weight excluding hydrogens is 314 g/mol. The summed E-state index contributed by atoms with van der Waals surface area (Å²) in [5.41, 5.74) is -0.243. The molecule has 3 rings (SSSR count). The maximum absolute atomic E-state index is 12.3. The molecule has 120 valence electrons. The molecule has 1 atom stereocenters. The molecular formula is C16H11N3O5. The van der Waals surface area contributed by atoms with Crippen LogP contribution in [0.5, 0.6) is 0 Å². The average molecular weight is 325 g/mol. The zero-order valence-electron chi connectivity index (χ0n) is 12.4. The lowest BCUT2D eigenvalue weighted by Gasteiger charge is -2.21. The van der Waals surface area contributed by atoms with Crippen LogP contribution in [0.1, 0.15) is 31.3 Å². The summed E-state index contributed by atoms with van der Waals surface area (Å²) in [6.07, 6.45) is -1.23. The highest BCUT2D eigenvalue weighted by Gasteiger charge is 2.39. The Labute approximate surface area is 135 Å². The van der Waals surface area contributed by atoms with Gasteiger partial charge in [0.2, 0.25) is 5.78 Å². The molecule has 2 aromatic rings. The second-order valence-electron chi connectivity index (χ2n) is 5.03. The summed E-state index contributed by atoms with van der Waals surface area (Å²) >= 11 is 0. The summed E-state index contributed by atoms with van der Waals surface area (Å²) in [5.74, 6) is -2.40. The molecule has 0 saturated heterocycles. The minimum absolute atomic E-state index is 0.0704. The van der Waals surface area contributed by atoms with Gasteiger partial charge in [-0.2, -0.15) is 0 Å². The first-order valence-corrected chi connectivity index (χ1v) is 6.86. The van der Waals surface area contributed by atoms with Crippen molar-refractivity contribution in [3.05, 3.63) is 47.3 Å². The summed E-state index contributed by atoms with van der Waals surface area (Å²) < 4.78 is 4.90. The van der Waals surface area contributed by atoms with Crippen LogP contribution >= 0.6 is 0 Å². The first kappa shape index (κ1) is 15.6. The summed E-state index contributed by atoms with van der Waals surface area (Å²) in [4.78, 5) is 43.6. The van der Waals surface area contributed by atoms with Gasteiger partial charge in [-0.05, 0) is 24.3 Å². The monoisotopic (exact) mass is 325 g/mol. The van der Waals surface area contributed by atoms with Gasteiger partial charge in [0.25, 0.3) is 0 Å². The number of methoxy groups -OCH3 is 1. The topological polar surface area (TPSA) is 130 Å². The van der Waals surface area contributed by atoms with E-state index < -0.39 is 29.4 Å². The number of nitrogens with zero attached hydrogens (tertiary/aromatic N) is 2. The van der Waals surface area contributed by atoms with E-state index in [-0.39, 0.29) is 28.3 Å². The van der Waals surface area contributed by atoms with Crippen LogP contribution in [0.25, 0.3) is 11.4 Å². The molecule has 1 unspecified atom stereocenters. The van der Waals surface area contributed by atoms with E-state index in [4.69, 9.17) is 15.3 Å². The Hall–Kier alpha value is -3.26. The number of Topliss-reactive ketones (excluding diaryl/α,β-unsaturated/α-hetero) is 2. The van der Waals surface area contributed by atoms with Gasteiger partial charge < -0.3 is 9.84 Å². The SMILES string of the molecule is COC1C(=N)C(=O)c2nc(-c3cccc(C(=O)O)n3)ccc2C1=O. The fraction of sp³-hybridized carbons (Fsp3) is 0.125. The van der Waals surface area contributed by atoms with Crippen molar-refractivity contribution < 1.29 is 24.2 Å². The Kier molecular flexibility index (Phi) is 3.74. The number of aromatic carboxylic acids is 1. The fourth-order valence-corrected chi connectivity index (χ4v) is 2.41. The third-order valence-corrected chi connectivity index (χ3v) is 3.59. The number of carbonyl (C=O) groups excluding carboxylic acids is 2. The molecule has 8 heteroatoms. The Morgan fingerprint density at radius 3 is 2.54 bits per heavy atom. The fourth-order valence-electron chi connectivity index (χ4n) is 2.41. The van der Waals surface area contributed by atoms with Crippen LogP contribution in [0.15, 0.2) is 30.3 Å². The lowest BCUT2D eigenvalue weighted by Crippen LogP contribution is -2.42. The van der Waals surface area contributed by atoms with Crippen molar-refractivity contribution in [2.45, 2.75) is 6.10 Å². The predicted molar refractivity (Wildman–Crippen MR) is 81.6 cm³/mol. The Bertz CT molecular complexity index is 906. The average Bonchev–Trinajstić information content (AvgIpc) is 2.60. The maximum Gasteiger partial charge on any atom is 0.354 e. The number of nitrogens with one attached hydrogen (secondary N) is 1. The Morgan fingerprint density at radius 2 is 1.88 bits per heavy atom. The summed E-state index contributed by atoms with van der Waals surface area (Å²) in [5, 5.41) is 16.7. The van der Waals surface area contributed by atoms with E-state index in [9.17, 15) is 14.4 Å². The largest absolute Gasteiger partial charge is 0.477 e. The van der Waals surface area contributed by atoms with Crippen LogP contribution in [0.4, 0.5) is 0 Å². The maximum atomic E-state index is 12.3. The van der Waals surface area contributed by atoms with Crippen LogP contribution in [-0.2, 0) is 4.74 Å². The van der Waals surface area contributed by atoms with Crippen molar-refractivity contribution in [2.24, 2.45) is 0 Å². The highest BCUT2D eigenvalue weighted by molar-refractivity contribution is 6.53. The lowest BCUT2D eigenvalue weighted by atomic mass is 9.89. The third kappa shape index (κ3) is 2.38. The number of ether oxygens (including phenoxy) is 1. The molecule has 0 aromatic carbocycles. The van der Waals surface area contributed by atoms with E-state index in [1.165, 1.54) is 31.4 Å². The van der Waals surface area contributed by atoms with E-state index in [0.29, 0.717) is 0 Å². The summed E-state index contributed by atoms with van der Waals surface area (Å²) in [7, 11) is 1.25. The molecule has 2 heterocycles. The van der Waals surface area contributed by atoms with Gasteiger partial charge in [-0.25, -0.2) is 14.8 Å².